The van der Waals surface area contributed by atoms with Crippen LogP contribution in [0.2, 0.25) is 5.02 Å². The molecule has 6 heterocycles. The van der Waals surface area contributed by atoms with Crippen LogP contribution in [0.1, 0.15) is 49.0 Å². The standard InChI is InChI=1S/C46H50ClFN8O8S/c1-45(2)26-37(30-3-5-33(47)6-4-30)32(28-64-45)27-53-15-17-54(18-16-53)34-7-9-36(39(24-34)55-19-22-63-44-41(55)23-31-11-14-49-42(31)51-44)43(57)52-65(60,61)35-8-10-38(40(25-35)56(58)59)50-29-46(48)12-20-62-21-13-46/h3-11,14,23-25,50H,12-13,15-22,26-29H2,1-2H3,(H,49,51)(H,52,57). The van der Waals surface area contributed by atoms with Gasteiger partial charge in [0.25, 0.3) is 21.6 Å². The Kier molecular flexibility index (Phi) is 12.2. The van der Waals surface area contributed by atoms with Crippen LogP contribution in [0.5, 0.6) is 5.88 Å². The second-order valence-corrected chi connectivity index (χ2v) is 19.6. The number of rotatable bonds is 12. The quantitative estimate of drug-likeness (QED) is 0.0828. The Morgan fingerprint density at radius 3 is 2.49 bits per heavy atom. The Morgan fingerprint density at radius 1 is 0.969 bits per heavy atom. The van der Waals surface area contributed by atoms with Gasteiger partial charge in [0.1, 0.15) is 29.3 Å². The molecule has 19 heteroatoms. The van der Waals surface area contributed by atoms with Crippen molar-refractivity contribution in [1.82, 2.24) is 19.6 Å². The third kappa shape index (κ3) is 9.63. The first-order chi connectivity index (χ1) is 31.1. The van der Waals surface area contributed by atoms with Crippen LogP contribution in [0.4, 0.5) is 32.8 Å². The van der Waals surface area contributed by atoms with E-state index in [2.05, 4.69) is 55.8 Å². The Labute approximate surface area is 380 Å². The number of fused-ring (bicyclic) bond motifs is 2. The summed E-state index contributed by atoms with van der Waals surface area (Å²) in [6, 6.07) is 20.2. The number of nitro benzene ring substituents is 1. The number of pyridine rings is 1. The number of sulfonamides is 1. The number of nitro groups is 1. The lowest BCUT2D eigenvalue weighted by molar-refractivity contribution is -0.384. The molecule has 0 aliphatic carbocycles. The maximum Gasteiger partial charge on any atom is 0.293 e. The summed E-state index contributed by atoms with van der Waals surface area (Å²) in [6.45, 7) is 9.20. The normalized spacial score (nSPS) is 18.8. The molecule has 0 unspecified atom stereocenters. The van der Waals surface area contributed by atoms with Crippen molar-refractivity contribution >= 4 is 72.6 Å². The highest BCUT2D eigenvalue weighted by molar-refractivity contribution is 7.90. The maximum atomic E-state index is 15.3. The van der Waals surface area contributed by atoms with Crippen molar-refractivity contribution in [2.24, 2.45) is 0 Å². The molecule has 342 valence electrons. The average Bonchev–Trinajstić information content (AvgIpc) is 3.76. The maximum absolute atomic E-state index is 15.3. The number of amides is 1. The summed E-state index contributed by atoms with van der Waals surface area (Å²) in [5, 5.41) is 16.4. The molecule has 1 amide bonds. The highest BCUT2D eigenvalue weighted by Crippen LogP contribution is 2.41. The molecule has 2 saturated heterocycles. The molecule has 4 aliphatic heterocycles. The predicted molar refractivity (Wildman–Crippen MR) is 247 cm³/mol. The van der Waals surface area contributed by atoms with E-state index in [1.165, 1.54) is 17.2 Å². The molecule has 0 spiro atoms. The molecular formula is C46H50ClFN8O8S. The van der Waals surface area contributed by atoms with Gasteiger partial charge in [-0.15, -0.1) is 0 Å². The van der Waals surface area contributed by atoms with Gasteiger partial charge in [-0.3, -0.25) is 19.8 Å². The van der Waals surface area contributed by atoms with Crippen molar-refractivity contribution in [3.05, 3.63) is 111 Å². The number of carbonyl (C=O) groups is 1. The lowest BCUT2D eigenvalue weighted by Crippen LogP contribution is -2.47. The summed E-state index contributed by atoms with van der Waals surface area (Å²) in [6.07, 6.45) is 2.79. The van der Waals surface area contributed by atoms with Crippen LogP contribution in [0.25, 0.3) is 16.6 Å². The van der Waals surface area contributed by atoms with Gasteiger partial charge in [0, 0.05) is 100 Å². The van der Waals surface area contributed by atoms with E-state index >= 15 is 4.39 Å². The second kappa shape index (κ2) is 17.9. The highest BCUT2D eigenvalue weighted by atomic mass is 35.5. The molecule has 0 saturated carbocycles. The number of H-pyrrole nitrogens is 1. The zero-order valence-corrected chi connectivity index (χ0v) is 37.6. The SMILES string of the molecule is CC1(C)CC(c2ccc(Cl)cc2)=C(CN2CCN(c3ccc(C(=O)NS(=O)(=O)c4ccc(NCC5(F)CCOCC5)c([N+](=O)[O-])c4)c(N4CCOc5nc6[nH]ccc6cc54)c3)CC2)CO1. The number of nitrogens with one attached hydrogen (secondary N) is 3. The van der Waals surface area contributed by atoms with E-state index in [0.717, 1.165) is 54.8 Å². The molecule has 9 rings (SSSR count). The van der Waals surface area contributed by atoms with Gasteiger partial charge in [-0.05, 0) is 85.2 Å². The minimum Gasteiger partial charge on any atom is -0.474 e. The second-order valence-electron chi connectivity index (χ2n) is 17.5. The number of aromatic nitrogens is 2. The molecule has 4 aliphatic rings. The van der Waals surface area contributed by atoms with Crippen LogP contribution in [0, 0.1) is 10.1 Å². The summed E-state index contributed by atoms with van der Waals surface area (Å²) >= 11 is 6.23. The summed E-state index contributed by atoms with van der Waals surface area (Å²) < 4.78 is 62.7. The van der Waals surface area contributed by atoms with Gasteiger partial charge in [0.05, 0.1) is 39.8 Å². The van der Waals surface area contributed by atoms with E-state index < -0.39 is 37.1 Å². The first kappa shape index (κ1) is 44.4. The van der Waals surface area contributed by atoms with Gasteiger partial charge in [-0.1, -0.05) is 23.7 Å². The van der Waals surface area contributed by atoms with E-state index in [4.69, 9.17) is 25.8 Å². The molecule has 3 aromatic carbocycles. The van der Waals surface area contributed by atoms with Crippen LogP contribution in [0.15, 0.2) is 89.5 Å². The fourth-order valence-corrected chi connectivity index (χ4v) is 9.99. The van der Waals surface area contributed by atoms with Crippen molar-refractivity contribution in [2.45, 2.75) is 49.3 Å². The zero-order chi connectivity index (χ0) is 45.5. The molecule has 0 atom stereocenters. The van der Waals surface area contributed by atoms with Crippen molar-refractivity contribution in [1.29, 1.82) is 0 Å². The third-order valence-electron chi connectivity index (χ3n) is 12.5. The van der Waals surface area contributed by atoms with Crippen LogP contribution in [-0.4, -0.2) is 118 Å². The first-order valence-electron chi connectivity index (χ1n) is 21.6. The van der Waals surface area contributed by atoms with E-state index in [-0.39, 0.29) is 56.1 Å². The minimum absolute atomic E-state index is 0.0505. The molecule has 65 heavy (non-hydrogen) atoms. The summed E-state index contributed by atoms with van der Waals surface area (Å²) in [7, 11) is -4.65. The number of nitrogens with zero attached hydrogens (tertiary/aromatic N) is 5. The largest absolute Gasteiger partial charge is 0.474 e. The van der Waals surface area contributed by atoms with Crippen LogP contribution >= 0.6 is 11.6 Å². The number of halogens is 2. The van der Waals surface area contributed by atoms with Gasteiger partial charge in [0.15, 0.2) is 0 Å². The van der Waals surface area contributed by atoms with Crippen molar-refractivity contribution in [2.75, 3.05) is 87.4 Å². The Hall–Kier alpha value is -5.79. The minimum atomic E-state index is -4.65. The van der Waals surface area contributed by atoms with Crippen LogP contribution in [-0.2, 0) is 19.5 Å². The Balaban J connectivity index is 0.976. The molecule has 2 aromatic heterocycles. The Morgan fingerprint density at radius 2 is 1.74 bits per heavy atom. The van der Waals surface area contributed by atoms with Gasteiger partial charge in [-0.25, -0.2) is 17.5 Å². The first-order valence-corrected chi connectivity index (χ1v) is 23.5. The molecule has 2 fully saturated rings. The van der Waals surface area contributed by atoms with Gasteiger partial charge in [0.2, 0.25) is 5.88 Å². The van der Waals surface area contributed by atoms with Crippen molar-refractivity contribution in [3.63, 3.8) is 0 Å². The fourth-order valence-electron chi connectivity index (χ4n) is 8.88. The van der Waals surface area contributed by atoms with Crippen LogP contribution < -0.4 is 24.6 Å². The number of alkyl halides is 1. The summed E-state index contributed by atoms with van der Waals surface area (Å²) in [5.41, 5.74) is 3.65. The number of carbonyl (C=O) groups excluding carboxylic acids is 1. The number of ether oxygens (including phenoxy) is 3. The zero-order valence-electron chi connectivity index (χ0n) is 36.1. The third-order valence-corrected chi connectivity index (χ3v) is 14.1. The molecular weight excluding hydrogens is 879 g/mol. The number of hydrogen-bond donors (Lipinski definition) is 3. The smallest absolute Gasteiger partial charge is 0.293 e. The summed E-state index contributed by atoms with van der Waals surface area (Å²) in [5.74, 6) is -0.588. The number of hydrogen-bond acceptors (Lipinski definition) is 13. The summed E-state index contributed by atoms with van der Waals surface area (Å²) in [4.78, 5) is 39.5. The number of piperazine rings is 1. The highest BCUT2D eigenvalue weighted by Gasteiger charge is 2.35. The van der Waals surface area contributed by atoms with Crippen molar-refractivity contribution < 1.29 is 36.7 Å². The monoisotopic (exact) mass is 928 g/mol. The van der Waals surface area contributed by atoms with E-state index in [0.29, 0.717) is 54.2 Å². The predicted octanol–water partition coefficient (Wildman–Crippen LogP) is 7.48. The number of aromatic amines is 1. The Bertz CT molecular complexity index is 2770. The van der Waals surface area contributed by atoms with E-state index in [1.54, 1.807) is 18.3 Å². The van der Waals surface area contributed by atoms with E-state index in [9.17, 15) is 23.3 Å². The average molecular weight is 929 g/mol. The van der Waals surface area contributed by atoms with Gasteiger partial charge < -0.3 is 34.3 Å². The molecule has 5 aromatic rings. The van der Waals surface area contributed by atoms with Gasteiger partial charge >= 0.3 is 0 Å². The van der Waals surface area contributed by atoms with Crippen LogP contribution in [0.3, 0.4) is 0 Å². The fraction of sp³-hybridized carbons (Fsp3) is 0.391. The van der Waals surface area contributed by atoms with E-state index in [1.807, 2.05) is 35.2 Å². The van der Waals surface area contributed by atoms with Crippen molar-refractivity contribution in [3.8, 4) is 5.88 Å². The molecule has 3 N–H and O–H groups in total. The number of benzene rings is 3. The number of anilines is 4. The topological polar surface area (TPSA) is 184 Å². The lowest BCUT2D eigenvalue weighted by Gasteiger charge is -2.40. The lowest BCUT2D eigenvalue weighted by atomic mass is 9.87. The molecule has 0 radical (unpaired) electrons. The molecule has 16 nitrogen and oxygen atoms in total. The van der Waals surface area contributed by atoms with Gasteiger partial charge in [-0.2, -0.15) is 4.98 Å². The molecule has 0 bridgehead atoms.